The number of benzene rings is 1. The van der Waals surface area contributed by atoms with E-state index in [9.17, 15) is 9.00 Å². The number of ether oxygens (including phenoxy) is 1. The van der Waals surface area contributed by atoms with Crippen molar-refractivity contribution in [3.05, 3.63) is 33.8 Å². The number of methoxy groups -OCH3 is 1. The highest BCUT2D eigenvalue weighted by Crippen LogP contribution is 2.21. The van der Waals surface area contributed by atoms with Crippen LogP contribution in [0.3, 0.4) is 0 Å². The maximum absolute atomic E-state index is 11.9. The Morgan fingerprint density at radius 3 is 2.72 bits per heavy atom. The van der Waals surface area contributed by atoms with Gasteiger partial charge in [-0.3, -0.25) is 9.00 Å². The average Bonchev–Trinajstić information content (AvgIpc) is 2.28. The molecule has 1 rings (SSSR count). The molecule has 0 fully saturated rings. The zero-order valence-electron chi connectivity index (χ0n) is 9.95. The molecule has 6 heteroatoms. The highest BCUT2D eigenvalue weighted by Gasteiger charge is 2.13. The molecule has 0 bridgehead atoms. The number of ketones is 1. The van der Waals surface area contributed by atoms with E-state index in [1.165, 1.54) is 6.07 Å². The first-order valence-corrected chi connectivity index (χ1v) is 7.61. The van der Waals surface area contributed by atoms with E-state index in [1.807, 2.05) is 0 Å². The smallest absolute Gasteiger partial charge is 0.176 e. The lowest BCUT2D eigenvalue weighted by atomic mass is 10.1. The maximum Gasteiger partial charge on any atom is 0.176 e. The summed E-state index contributed by atoms with van der Waals surface area (Å²) in [6.07, 6.45) is 0.671. The van der Waals surface area contributed by atoms with Gasteiger partial charge in [0, 0.05) is 40.9 Å². The molecule has 0 spiro atoms. The Labute approximate surface area is 119 Å². The van der Waals surface area contributed by atoms with Gasteiger partial charge in [-0.1, -0.05) is 23.2 Å². The number of carbonyl (C=O) groups excluding carboxylic acids is 1. The molecule has 0 aromatic heterocycles. The lowest BCUT2D eigenvalue weighted by Gasteiger charge is -2.04. The van der Waals surface area contributed by atoms with E-state index in [-0.39, 0.29) is 11.5 Å². The molecule has 0 radical (unpaired) electrons. The van der Waals surface area contributed by atoms with Gasteiger partial charge in [-0.25, -0.2) is 0 Å². The minimum Gasteiger partial charge on any atom is -0.385 e. The Morgan fingerprint density at radius 1 is 1.39 bits per heavy atom. The van der Waals surface area contributed by atoms with E-state index in [0.29, 0.717) is 34.4 Å². The summed E-state index contributed by atoms with van der Waals surface area (Å²) in [5, 5.41) is 0.763. The largest absolute Gasteiger partial charge is 0.385 e. The van der Waals surface area contributed by atoms with Crippen LogP contribution in [0.15, 0.2) is 18.2 Å². The van der Waals surface area contributed by atoms with Gasteiger partial charge in [0.15, 0.2) is 5.78 Å². The molecule has 1 aromatic carbocycles. The summed E-state index contributed by atoms with van der Waals surface area (Å²) >= 11 is 11.7. The summed E-state index contributed by atoms with van der Waals surface area (Å²) in [6.45, 7) is 0.543. The van der Waals surface area contributed by atoms with Crippen LogP contribution in [0.1, 0.15) is 16.8 Å². The van der Waals surface area contributed by atoms with E-state index in [2.05, 4.69) is 0 Å². The zero-order chi connectivity index (χ0) is 13.5. The van der Waals surface area contributed by atoms with Crippen LogP contribution in [0, 0.1) is 0 Å². The van der Waals surface area contributed by atoms with Gasteiger partial charge in [0.05, 0.1) is 10.8 Å². The monoisotopic (exact) mass is 308 g/mol. The van der Waals surface area contributed by atoms with Gasteiger partial charge >= 0.3 is 0 Å². The Morgan fingerprint density at radius 2 is 2.11 bits per heavy atom. The molecule has 0 aliphatic carbocycles. The Kier molecular flexibility index (Phi) is 6.86. The van der Waals surface area contributed by atoms with Gasteiger partial charge < -0.3 is 4.74 Å². The van der Waals surface area contributed by atoms with E-state index in [1.54, 1.807) is 19.2 Å². The molecule has 1 atom stereocenters. The highest BCUT2D eigenvalue weighted by atomic mass is 35.5. The summed E-state index contributed by atoms with van der Waals surface area (Å²) in [4.78, 5) is 11.9. The topological polar surface area (TPSA) is 43.4 Å². The van der Waals surface area contributed by atoms with Crippen LogP contribution in [-0.2, 0) is 15.5 Å². The van der Waals surface area contributed by atoms with Crippen molar-refractivity contribution in [2.45, 2.75) is 6.42 Å². The average molecular weight is 309 g/mol. The number of hydrogen-bond acceptors (Lipinski definition) is 3. The van der Waals surface area contributed by atoms with E-state index in [4.69, 9.17) is 27.9 Å². The molecular formula is C12H14Cl2O3S. The first kappa shape index (κ1) is 15.6. The summed E-state index contributed by atoms with van der Waals surface area (Å²) in [6, 6.07) is 4.65. The molecule has 1 aromatic rings. The fourth-order valence-electron chi connectivity index (χ4n) is 1.38. The molecule has 0 aliphatic rings. The van der Waals surface area contributed by atoms with Crippen LogP contribution in [0.25, 0.3) is 0 Å². The second-order valence-corrected chi connectivity index (χ2v) is 6.10. The quantitative estimate of drug-likeness (QED) is 0.574. The van der Waals surface area contributed by atoms with Crippen LogP contribution >= 0.6 is 23.2 Å². The molecule has 100 valence electrons. The molecule has 0 saturated heterocycles. The van der Waals surface area contributed by atoms with Crippen LogP contribution in [0.4, 0.5) is 0 Å². The third-order valence-corrected chi connectivity index (χ3v) is 4.12. The molecule has 0 aliphatic heterocycles. The van der Waals surface area contributed by atoms with Gasteiger partial charge in [0.2, 0.25) is 0 Å². The van der Waals surface area contributed by atoms with Crippen molar-refractivity contribution in [1.82, 2.24) is 0 Å². The molecule has 18 heavy (non-hydrogen) atoms. The summed E-state index contributed by atoms with van der Waals surface area (Å²) < 4.78 is 16.5. The number of rotatable bonds is 7. The zero-order valence-corrected chi connectivity index (χ0v) is 12.3. The minimum atomic E-state index is -1.19. The lowest BCUT2D eigenvalue weighted by molar-refractivity contribution is 0.102. The number of hydrogen-bond donors (Lipinski definition) is 0. The van der Waals surface area contributed by atoms with Crippen molar-refractivity contribution in [2.24, 2.45) is 0 Å². The van der Waals surface area contributed by atoms with Crippen molar-refractivity contribution >= 4 is 39.8 Å². The Bertz CT molecular complexity index is 449. The van der Waals surface area contributed by atoms with E-state index >= 15 is 0 Å². The van der Waals surface area contributed by atoms with Gasteiger partial charge in [-0.15, -0.1) is 0 Å². The first-order chi connectivity index (χ1) is 8.54. The summed E-state index contributed by atoms with van der Waals surface area (Å²) in [5.74, 6) is 0.197. The fraction of sp³-hybridized carbons (Fsp3) is 0.417. The Hall–Kier alpha value is -0.420. The Balaban J connectivity index is 2.57. The molecular weight excluding hydrogens is 295 g/mol. The van der Waals surface area contributed by atoms with Crippen LogP contribution < -0.4 is 0 Å². The molecule has 3 nitrogen and oxygen atoms in total. The minimum absolute atomic E-state index is 0.0228. The van der Waals surface area contributed by atoms with Crippen molar-refractivity contribution < 1.29 is 13.7 Å². The van der Waals surface area contributed by atoms with E-state index < -0.39 is 10.8 Å². The standard InChI is InChI=1S/C12H14Cl2O3S/c1-17-5-2-6-18(16)8-12(15)10-4-3-9(13)7-11(10)14/h3-4,7H,2,5-6,8H2,1H3. The second-order valence-electron chi connectivity index (χ2n) is 3.68. The van der Waals surface area contributed by atoms with Crippen LogP contribution in [-0.4, -0.2) is 35.2 Å². The lowest BCUT2D eigenvalue weighted by Crippen LogP contribution is -2.14. The van der Waals surface area contributed by atoms with E-state index in [0.717, 1.165) is 0 Å². The van der Waals surface area contributed by atoms with Crippen molar-refractivity contribution in [1.29, 1.82) is 0 Å². The van der Waals surface area contributed by atoms with Gasteiger partial charge in [-0.2, -0.15) is 0 Å². The molecule has 1 unspecified atom stereocenters. The predicted molar refractivity (Wildman–Crippen MR) is 75.2 cm³/mol. The summed E-state index contributed by atoms with van der Waals surface area (Å²) in [5.41, 5.74) is 0.362. The molecule has 0 heterocycles. The normalized spacial score (nSPS) is 12.4. The SMILES string of the molecule is COCCCS(=O)CC(=O)c1ccc(Cl)cc1Cl. The summed E-state index contributed by atoms with van der Waals surface area (Å²) in [7, 11) is 0.398. The highest BCUT2D eigenvalue weighted by molar-refractivity contribution is 7.85. The van der Waals surface area contributed by atoms with Crippen LogP contribution in [0.5, 0.6) is 0 Å². The van der Waals surface area contributed by atoms with Gasteiger partial charge in [0.25, 0.3) is 0 Å². The number of halogens is 2. The third kappa shape index (κ3) is 5.06. The molecule has 0 N–H and O–H groups in total. The van der Waals surface area contributed by atoms with Gasteiger partial charge in [-0.05, 0) is 24.6 Å². The fourth-order valence-corrected chi connectivity index (χ4v) is 2.92. The van der Waals surface area contributed by atoms with Crippen molar-refractivity contribution in [3.8, 4) is 0 Å². The first-order valence-electron chi connectivity index (χ1n) is 5.36. The van der Waals surface area contributed by atoms with Crippen LogP contribution in [0.2, 0.25) is 10.0 Å². The maximum atomic E-state index is 11.9. The number of carbonyl (C=O) groups is 1. The van der Waals surface area contributed by atoms with Crippen molar-refractivity contribution in [2.75, 3.05) is 25.2 Å². The number of Topliss-reactive ketones (excluding diaryl/α,β-unsaturated/α-hetero) is 1. The third-order valence-electron chi connectivity index (χ3n) is 2.24. The van der Waals surface area contributed by atoms with Gasteiger partial charge in [0.1, 0.15) is 0 Å². The van der Waals surface area contributed by atoms with Crippen molar-refractivity contribution in [3.63, 3.8) is 0 Å². The second kappa shape index (κ2) is 7.89. The molecule has 0 amide bonds. The molecule has 0 saturated carbocycles. The predicted octanol–water partition coefficient (Wildman–Crippen LogP) is 2.96.